The van der Waals surface area contributed by atoms with Crippen molar-refractivity contribution in [2.75, 3.05) is 59.8 Å². The highest BCUT2D eigenvalue weighted by molar-refractivity contribution is 5.76. The van der Waals surface area contributed by atoms with E-state index in [2.05, 4.69) is 4.90 Å². The van der Waals surface area contributed by atoms with Crippen LogP contribution in [-0.4, -0.2) is 71.0 Å². The molecule has 0 radical (unpaired) electrons. The van der Waals surface area contributed by atoms with E-state index in [0.29, 0.717) is 56.7 Å². The first-order chi connectivity index (χ1) is 10.8. The Balaban J connectivity index is 1.98. The minimum atomic E-state index is 0.416. The highest BCUT2D eigenvalue weighted by Gasteiger charge is 2.08. The molecule has 0 fully saturated rings. The second-order valence-electron chi connectivity index (χ2n) is 5.05. The molecule has 2 rings (SSSR count). The molecule has 1 aromatic carbocycles. The molecule has 6 heteroatoms. The minimum absolute atomic E-state index is 0.416. The van der Waals surface area contributed by atoms with Gasteiger partial charge in [-0.15, -0.1) is 0 Å². The summed E-state index contributed by atoms with van der Waals surface area (Å²) in [6, 6.07) is 5.12. The number of fused-ring (bicyclic) bond motifs is 1. The molecule has 0 atom stereocenters. The van der Waals surface area contributed by atoms with Crippen molar-refractivity contribution in [1.29, 1.82) is 0 Å². The van der Waals surface area contributed by atoms with Crippen molar-refractivity contribution in [3.63, 3.8) is 0 Å². The Morgan fingerprint density at radius 2 is 1.55 bits per heavy atom. The smallest absolute Gasteiger partial charge is 0.162 e. The van der Waals surface area contributed by atoms with Crippen LogP contribution in [-0.2, 0) is 9.47 Å². The zero-order valence-corrected chi connectivity index (χ0v) is 13.0. The first-order valence-electron chi connectivity index (χ1n) is 7.48. The maximum Gasteiger partial charge on any atom is 0.162 e. The largest absolute Gasteiger partial charge is 0.487 e. The Bertz CT molecular complexity index is 466. The van der Waals surface area contributed by atoms with Gasteiger partial charge in [-0.2, -0.15) is 0 Å². The summed E-state index contributed by atoms with van der Waals surface area (Å²) in [4.78, 5) is 13.0. The maximum atomic E-state index is 10.9. The molecule has 122 valence electrons. The third-order valence-electron chi connectivity index (χ3n) is 3.31. The van der Waals surface area contributed by atoms with E-state index >= 15 is 0 Å². The normalized spacial score (nSPS) is 19.0. The molecule has 0 saturated carbocycles. The van der Waals surface area contributed by atoms with Crippen LogP contribution in [0.1, 0.15) is 10.4 Å². The topological polar surface area (TPSA) is 57.2 Å². The zero-order chi connectivity index (χ0) is 15.6. The van der Waals surface area contributed by atoms with E-state index < -0.39 is 0 Å². The highest BCUT2D eigenvalue weighted by atomic mass is 16.6. The van der Waals surface area contributed by atoms with Crippen molar-refractivity contribution >= 4 is 6.29 Å². The van der Waals surface area contributed by atoms with E-state index in [1.807, 2.05) is 7.05 Å². The molecule has 0 unspecified atom stereocenters. The summed E-state index contributed by atoms with van der Waals surface area (Å²) in [5.41, 5.74) is 0.555. The van der Waals surface area contributed by atoms with Gasteiger partial charge in [0.25, 0.3) is 0 Å². The summed E-state index contributed by atoms with van der Waals surface area (Å²) in [5, 5.41) is 0. The number of ether oxygens (including phenoxy) is 4. The van der Waals surface area contributed by atoms with Gasteiger partial charge in [0.05, 0.1) is 26.4 Å². The number of carbonyl (C=O) groups excluding carboxylic acids is 1. The maximum absolute atomic E-state index is 10.9. The second kappa shape index (κ2) is 9.40. The molecular formula is C16H23NO5. The fourth-order valence-electron chi connectivity index (χ4n) is 2.01. The highest BCUT2D eigenvalue weighted by Crippen LogP contribution is 2.28. The van der Waals surface area contributed by atoms with Gasteiger partial charge >= 0.3 is 0 Å². The van der Waals surface area contributed by atoms with Gasteiger partial charge in [0.15, 0.2) is 11.5 Å². The van der Waals surface area contributed by atoms with Crippen molar-refractivity contribution in [3.8, 4) is 11.5 Å². The standard InChI is InChI=1S/C16H23NO5/c1-17-4-6-19-8-10-21-15-3-2-14(13-18)12-16(15)22-11-9-20-7-5-17/h2-3,12-13H,4-11H2,1H3. The lowest BCUT2D eigenvalue weighted by Gasteiger charge is -2.16. The van der Waals surface area contributed by atoms with Crippen LogP contribution in [0.2, 0.25) is 0 Å². The van der Waals surface area contributed by atoms with Crippen LogP contribution >= 0.6 is 0 Å². The quantitative estimate of drug-likeness (QED) is 0.728. The monoisotopic (exact) mass is 309 g/mol. The van der Waals surface area contributed by atoms with Gasteiger partial charge in [-0.05, 0) is 25.2 Å². The van der Waals surface area contributed by atoms with Gasteiger partial charge < -0.3 is 23.8 Å². The summed E-state index contributed by atoms with van der Waals surface area (Å²) in [7, 11) is 2.04. The van der Waals surface area contributed by atoms with E-state index in [4.69, 9.17) is 18.9 Å². The van der Waals surface area contributed by atoms with Gasteiger partial charge in [-0.1, -0.05) is 0 Å². The number of nitrogens with zero attached hydrogens (tertiary/aromatic N) is 1. The van der Waals surface area contributed by atoms with E-state index in [0.717, 1.165) is 19.4 Å². The minimum Gasteiger partial charge on any atom is -0.487 e. The summed E-state index contributed by atoms with van der Waals surface area (Å²) in [5.74, 6) is 1.17. The predicted molar refractivity (Wildman–Crippen MR) is 82.0 cm³/mol. The average molecular weight is 309 g/mol. The van der Waals surface area contributed by atoms with E-state index in [9.17, 15) is 4.79 Å². The van der Waals surface area contributed by atoms with E-state index in [-0.39, 0.29) is 0 Å². The molecule has 6 nitrogen and oxygen atoms in total. The van der Waals surface area contributed by atoms with Gasteiger partial charge in [-0.3, -0.25) is 4.79 Å². The molecule has 0 N–H and O–H groups in total. The second-order valence-corrected chi connectivity index (χ2v) is 5.05. The average Bonchev–Trinajstić information content (AvgIpc) is 2.54. The lowest BCUT2D eigenvalue weighted by Crippen LogP contribution is -2.27. The molecule has 22 heavy (non-hydrogen) atoms. The van der Waals surface area contributed by atoms with Crippen molar-refractivity contribution in [2.24, 2.45) is 0 Å². The van der Waals surface area contributed by atoms with E-state index in [1.54, 1.807) is 18.2 Å². The third kappa shape index (κ3) is 5.63. The Morgan fingerprint density at radius 3 is 2.18 bits per heavy atom. The Labute approximate surface area is 130 Å². The third-order valence-corrected chi connectivity index (χ3v) is 3.31. The lowest BCUT2D eigenvalue weighted by atomic mass is 10.2. The predicted octanol–water partition coefficient (Wildman–Crippen LogP) is 1.24. The number of hydrogen-bond donors (Lipinski definition) is 0. The molecule has 1 aliphatic heterocycles. The van der Waals surface area contributed by atoms with Crippen molar-refractivity contribution in [1.82, 2.24) is 4.90 Å². The summed E-state index contributed by atoms with van der Waals surface area (Å²) in [6.45, 7) is 4.89. The van der Waals surface area contributed by atoms with E-state index in [1.165, 1.54) is 0 Å². The summed E-state index contributed by atoms with van der Waals surface area (Å²) >= 11 is 0. The number of benzene rings is 1. The molecule has 0 saturated heterocycles. The fourth-order valence-corrected chi connectivity index (χ4v) is 2.01. The van der Waals surface area contributed by atoms with Crippen LogP contribution in [0.3, 0.4) is 0 Å². The van der Waals surface area contributed by atoms with Crippen LogP contribution in [0, 0.1) is 0 Å². The van der Waals surface area contributed by atoms with Gasteiger partial charge in [0.2, 0.25) is 0 Å². The number of likely N-dealkylation sites (N-methyl/N-ethyl adjacent to an activating group) is 1. The van der Waals surface area contributed by atoms with Gasteiger partial charge in [0.1, 0.15) is 19.5 Å². The first kappa shape index (κ1) is 16.7. The van der Waals surface area contributed by atoms with Gasteiger partial charge in [0, 0.05) is 18.7 Å². The molecule has 1 aliphatic rings. The number of rotatable bonds is 1. The van der Waals surface area contributed by atoms with Crippen molar-refractivity contribution < 1.29 is 23.7 Å². The van der Waals surface area contributed by atoms with Crippen LogP contribution in [0.4, 0.5) is 0 Å². The van der Waals surface area contributed by atoms with Gasteiger partial charge in [-0.25, -0.2) is 0 Å². The summed E-state index contributed by atoms with van der Waals surface area (Å²) < 4.78 is 22.4. The Kier molecular flexibility index (Phi) is 7.15. The SMILES string of the molecule is CN1CCOCCOc2ccc(C=O)cc2OCCOCC1. The van der Waals surface area contributed by atoms with Crippen LogP contribution < -0.4 is 9.47 Å². The Hall–Kier alpha value is -1.63. The van der Waals surface area contributed by atoms with Crippen LogP contribution in [0.15, 0.2) is 18.2 Å². The molecule has 0 aromatic heterocycles. The molecule has 0 bridgehead atoms. The molecule has 1 heterocycles. The zero-order valence-electron chi connectivity index (χ0n) is 13.0. The fraction of sp³-hybridized carbons (Fsp3) is 0.562. The Morgan fingerprint density at radius 1 is 0.909 bits per heavy atom. The summed E-state index contributed by atoms with van der Waals surface area (Å²) in [6.07, 6.45) is 0.786. The number of carbonyl (C=O) groups is 1. The molecular weight excluding hydrogens is 286 g/mol. The number of hydrogen-bond acceptors (Lipinski definition) is 6. The van der Waals surface area contributed by atoms with Crippen LogP contribution in [0.25, 0.3) is 0 Å². The molecule has 0 amide bonds. The first-order valence-corrected chi connectivity index (χ1v) is 7.48. The molecule has 0 spiro atoms. The van der Waals surface area contributed by atoms with Crippen molar-refractivity contribution in [3.05, 3.63) is 23.8 Å². The molecule has 0 aliphatic carbocycles. The number of aldehydes is 1. The molecule has 1 aromatic rings. The lowest BCUT2D eigenvalue weighted by molar-refractivity contribution is 0.0678. The van der Waals surface area contributed by atoms with Crippen molar-refractivity contribution in [2.45, 2.75) is 0 Å². The van der Waals surface area contributed by atoms with Crippen LogP contribution in [0.5, 0.6) is 11.5 Å².